The Morgan fingerprint density at radius 2 is 2.07 bits per heavy atom. The van der Waals surface area contributed by atoms with E-state index in [1.165, 1.54) is 25.6 Å². The van der Waals surface area contributed by atoms with E-state index in [0.29, 0.717) is 22.9 Å². The van der Waals surface area contributed by atoms with Crippen LogP contribution in [-0.2, 0) is 0 Å². The van der Waals surface area contributed by atoms with Crippen molar-refractivity contribution in [3.05, 3.63) is 36.2 Å². The Balaban J connectivity index is 1.45. The van der Waals surface area contributed by atoms with Crippen LogP contribution in [0.1, 0.15) is 29.6 Å². The van der Waals surface area contributed by atoms with Gasteiger partial charge in [-0.2, -0.15) is 4.98 Å². The van der Waals surface area contributed by atoms with E-state index in [1.54, 1.807) is 19.2 Å². The van der Waals surface area contributed by atoms with Crippen LogP contribution in [0.25, 0.3) is 0 Å². The summed E-state index contributed by atoms with van der Waals surface area (Å²) in [5.74, 6) is 1.06. The fourth-order valence-corrected chi connectivity index (χ4v) is 3.92. The first-order valence-electron chi connectivity index (χ1n) is 9.41. The van der Waals surface area contributed by atoms with E-state index in [9.17, 15) is 4.79 Å². The molecule has 0 aliphatic carbocycles. The summed E-state index contributed by atoms with van der Waals surface area (Å²) in [4.78, 5) is 27.2. The van der Waals surface area contributed by atoms with Gasteiger partial charge in [-0.1, -0.05) is 6.07 Å². The van der Waals surface area contributed by atoms with Gasteiger partial charge in [0, 0.05) is 37.9 Å². The summed E-state index contributed by atoms with van der Waals surface area (Å²) in [5.41, 5.74) is 1.82. The fraction of sp³-hybridized carbons (Fsp3) is 0.474. The summed E-state index contributed by atoms with van der Waals surface area (Å²) >= 11 is 0. The molecule has 1 aromatic heterocycles. The van der Waals surface area contributed by atoms with Crippen LogP contribution in [0.3, 0.4) is 0 Å². The SMILES string of the molecule is CNC(=O)c1cccc(Nc2ncnc(N3CCC4(CCNC4)CC3)n2)c1. The number of hydrogen-bond acceptors (Lipinski definition) is 7. The molecule has 1 aromatic carbocycles. The van der Waals surface area contributed by atoms with Crippen LogP contribution in [-0.4, -0.2) is 54.1 Å². The number of piperidine rings is 1. The van der Waals surface area contributed by atoms with Crippen molar-refractivity contribution in [3.63, 3.8) is 0 Å². The highest BCUT2D eigenvalue weighted by Crippen LogP contribution is 2.37. The average Bonchev–Trinajstić information content (AvgIpc) is 3.16. The van der Waals surface area contributed by atoms with E-state index < -0.39 is 0 Å². The summed E-state index contributed by atoms with van der Waals surface area (Å²) in [7, 11) is 1.62. The number of carbonyl (C=O) groups is 1. The minimum atomic E-state index is -0.126. The van der Waals surface area contributed by atoms with Crippen molar-refractivity contribution in [1.82, 2.24) is 25.6 Å². The molecule has 1 spiro atoms. The Hall–Kier alpha value is -2.74. The molecule has 2 aliphatic heterocycles. The summed E-state index contributed by atoms with van der Waals surface area (Å²) in [5, 5.41) is 9.29. The number of nitrogens with one attached hydrogen (secondary N) is 3. The van der Waals surface area contributed by atoms with Gasteiger partial charge in [0.15, 0.2) is 0 Å². The molecule has 3 N–H and O–H groups in total. The lowest BCUT2D eigenvalue weighted by Crippen LogP contribution is -2.42. The number of nitrogens with zero attached hydrogens (tertiary/aromatic N) is 4. The van der Waals surface area contributed by atoms with E-state index in [2.05, 4.69) is 35.8 Å². The van der Waals surface area contributed by atoms with Crippen LogP contribution in [0.2, 0.25) is 0 Å². The van der Waals surface area contributed by atoms with E-state index in [1.807, 2.05) is 12.1 Å². The van der Waals surface area contributed by atoms with Gasteiger partial charge in [-0.25, -0.2) is 9.97 Å². The minimum absolute atomic E-state index is 0.126. The molecule has 0 unspecified atom stereocenters. The zero-order valence-corrected chi connectivity index (χ0v) is 15.5. The maximum Gasteiger partial charge on any atom is 0.251 e. The molecule has 2 aliphatic rings. The van der Waals surface area contributed by atoms with E-state index in [0.717, 1.165) is 31.9 Å². The second-order valence-electron chi connectivity index (χ2n) is 7.31. The molecule has 8 heteroatoms. The van der Waals surface area contributed by atoms with Crippen molar-refractivity contribution in [2.45, 2.75) is 19.3 Å². The third-order valence-corrected chi connectivity index (χ3v) is 5.61. The van der Waals surface area contributed by atoms with Gasteiger partial charge in [-0.15, -0.1) is 0 Å². The predicted octanol–water partition coefficient (Wildman–Crippen LogP) is 1.55. The highest BCUT2D eigenvalue weighted by atomic mass is 16.1. The van der Waals surface area contributed by atoms with Crippen LogP contribution in [0.4, 0.5) is 17.6 Å². The zero-order chi connectivity index (χ0) is 18.7. The highest BCUT2D eigenvalue weighted by molar-refractivity contribution is 5.95. The highest BCUT2D eigenvalue weighted by Gasteiger charge is 2.37. The summed E-state index contributed by atoms with van der Waals surface area (Å²) in [6.45, 7) is 4.20. The predicted molar refractivity (Wildman–Crippen MR) is 104 cm³/mol. The fourth-order valence-electron chi connectivity index (χ4n) is 3.92. The maximum atomic E-state index is 11.8. The topological polar surface area (TPSA) is 95.1 Å². The monoisotopic (exact) mass is 367 g/mol. The van der Waals surface area contributed by atoms with Gasteiger partial charge in [0.05, 0.1) is 0 Å². The Labute approximate surface area is 158 Å². The second-order valence-corrected chi connectivity index (χ2v) is 7.31. The molecule has 3 heterocycles. The van der Waals surface area contributed by atoms with Gasteiger partial charge in [-0.05, 0) is 49.4 Å². The number of benzene rings is 1. The molecule has 0 saturated carbocycles. The molecule has 27 heavy (non-hydrogen) atoms. The van der Waals surface area contributed by atoms with Gasteiger partial charge >= 0.3 is 0 Å². The average molecular weight is 367 g/mol. The summed E-state index contributed by atoms with van der Waals surface area (Å²) in [6, 6.07) is 7.26. The number of aromatic nitrogens is 3. The number of carbonyl (C=O) groups excluding carboxylic acids is 1. The van der Waals surface area contributed by atoms with Crippen LogP contribution in [0.15, 0.2) is 30.6 Å². The zero-order valence-electron chi connectivity index (χ0n) is 15.5. The molecule has 2 aromatic rings. The molecule has 142 valence electrons. The molecule has 0 bridgehead atoms. The minimum Gasteiger partial charge on any atom is -0.355 e. The molecule has 4 rings (SSSR count). The standard InChI is InChI=1S/C19H25N7O/c1-20-16(27)14-3-2-4-15(11-14)24-17-22-13-23-18(25-17)26-9-6-19(7-10-26)5-8-21-12-19/h2-4,11,13,21H,5-10,12H2,1H3,(H,20,27)(H,22,23,24,25). The van der Waals surface area contributed by atoms with E-state index in [-0.39, 0.29) is 5.91 Å². The van der Waals surface area contributed by atoms with Crippen molar-refractivity contribution >= 4 is 23.5 Å². The van der Waals surface area contributed by atoms with Gasteiger partial charge in [-0.3, -0.25) is 4.79 Å². The first kappa shape index (κ1) is 17.7. The molecule has 0 atom stereocenters. The second kappa shape index (κ2) is 7.48. The maximum absolute atomic E-state index is 11.8. The van der Waals surface area contributed by atoms with Crippen LogP contribution in [0.5, 0.6) is 0 Å². The Bertz CT molecular complexity index is 809. The number of hydrogen-bond donors (Lipinski definition) is 3. The summed E-state index contributed by atoms with van der Waals surface area (Å²) in [6.07, 6.45) is 5.15. The number of amides is 1. The Morgan fingerprint density at radius 3 is 2.81 bits per heavy atom. The van der Waals surface area contributed by atoms with Crippen LogP contribution in [0, 0.1) is 5.41 Å². The third-order valence-electron chi connectivity index (χ3n) is 5.61. The molecule has 0 radical (unpaired) electrons. The van der Waals surface area contributed by atoms with Gasteiger partial charge in [0.1, 0.15) is 6.33 Å². The molecule has 1 amide bonds. The van der Waals surface area contributed by atoms with E-state index in [4.69, 9.17) is 0 Å². The molecule has 2 fully saturated rings. The van der Waals surface area contributed by atoms with Crippen LogP contribution >= 0.6 is 0 Å². The van der Waals surface area contributed by atoms with Crippen molar-refractivity contribution in [2.75, 3.05) is 43.4 Å². The van der Waals surface area contributed by atoms with Crippen molar-refractivity contribution in [3.8, 4) is 0 Å². The van der Waals surface area contributed by atoms with Crippen LogP contribution < -0.4 is 20.9 Å². The Morgan fingerprint density at radius 1 is 1.22 bits per heavy atom. The lowest BCUT2D eigenvalue weighted by molar-refractivity contribution is 0.0963. The number of anilines is 3. The van der Waals surface area contributed by atoms with Gasteiger partial charge in [0.2, 0.25) is 11.9 Å². The largest absolute Gasteiger partial charge is 0.355 e. The van der Waals surface area contributed by atoms with E-state index >= 15 is 0 Å². The smallest absolute Gasteiger partial charge is 0.251 e. The molecule has 2 saturated heterocycles. The van der Waals surface area contributed by atoms with Gasteiger partial charge in [0.25, 0.3) is 5.91 Å². The number of rotatable bonds is 4. The van der Waals surface area contributed by atoms with Crippen molar-refractivity contribution in [1.29, 1.82) is 0 Å². The summed E-state index contributed by atoms with van der Waals surface area (Å²) < 4.78 is 0. The van der Waals surface area contributed by atoms with Crippen molar-refractivity contribution < 1.29 is 4.79 Å². The normalized spacial score (nSPS) is 18.5. The van der Waals surface area contributed by atoms with Crippen molar-refractivity contribution in [2.24, 2.45) is 5.41 Å². The third kappa shape index (κ3) is 3.85. The first-order chi connectivity index (χ1) is 13.2. The lowest BCUT2D eigenvalue weighted by Gasteiger charge is -2.38. The first-order valence-corrected chi connectivity index (χ1v) is 9.41. The molecular formula is C19H25N7O. The lowest BCUT2D eigenvalue weighted by atomic mass is 9.78. The molecule has 8 nitrogen and oxygen atoms in total. The van der Waals surface area contributed by atoms with Gasteiger partial charge < -0.3 is 20.9 Å². The molecular weight excluding hydrogens is 342 g/mol. The quantitative estimate of drug-likeness (QED) is 0.755. The Kier molecular flexibility index (Phi) is 4.89.